The highest BCUT2D eigenvalue weighted by atomic mass is 32.1. The van der Waals surface area contributed by atoms with Crippen LogP contribution in [0.2, 0.25) is 0 Å². The Bertz CT molecular complexity index is 406. The third-order valence-corrected chi connectivity index (χ3v) is 4.93. The molecule has 1 aromatic rings. The molecule has 1 heterocycles. The molecule has 1 rings (SSSR count). The average Bonchev–Trinajstić information content (AvgIpc) is 2.68. The Balaban J connectivity index is 3.29. The van der Waals surface area contributed by atoms with Crippen LogP contribution in [-0.4, -0.2) is 11.0 Å². The molecule has 1 aromatic heterocycles. The second-order valence-corrected chi connectivity index (χ2v) is 8.66. The second kappa shape index (κ2) is 7.73. The van der Waals surface area contributed by atoms with E-state index in [1.54, 1.807) is 0 Å². The van der Waals surface area contributed by atoms with Gasteiger partial charge in [-0.25, -0.2) is 4.98 Å². The van der Waals surface area contributed by atoms with Crippen molar-refractivity contribution in [1.29, 1.82) is 0 Å². The fourth-order valence-corrected chi connectivity index (χ4v) is 4.52. The number of nitrogens with one attached hydrogen (secondary N) is 1. The number of nitrogens with zero attached hydrogens (tertiary/aromatic N) is 1. The number of aromatic nitrogens is 1. The van der Waals surface area contributed by atoms with Crippen LogP contribution in [0.25, 0.3) is 0 Å². The van der Waals surface area contributed by atoms with E-state index in [4.69, 9.17) is 4.98 Å². The van der Waals surface area contributed by atoms with Gasteiger partial charge in [-0.2, -0.15) is 0 Å². The van der Waals surface area contributed by atoms with Crippen molar-refractivity contribution in [3.05, 3.63) is 15.6 Å². The molecule has 122 valence electrons. The van der Waals surface area contributed by atoms with Crippen molar-refractivity contribution in [3.8, 4) is 0 Å². The molecule has 0 aliphatic heterocycles. The summed E-state index contributed by atoms with van der Waals surface area (Å²) in [5, 5.41) is 5.18. The summed E-state index contributed by atoms with van der Waals surface area (Å²) >= 11 is 1.90. The lowest BCUT2D eigenvalue weighted by Gasteiger charge is -2.38. The molecule has 0 radical (unpaired) electrons. The van der Waals surface area contributed by atoms with Crippen LogP contribution in [0.4, 0.5) is 0 Å². The molecule has 2 nitrogen and oxygen atoms in total. The highest BCUT2D eigenvalue weighted by Gasteiger charge is 2.37. The third-order valence-electron chi connectivity index (χ3n) is 3.72. The van der Waals surface area contributed by atoms with Crippen molar-refractivity contribution in [1.82, 2.24) is 10.3 Å². The molecular formula is C18H34N2S. The van der Waals surface area contributed by atoms with E-state index in [1.165, 1.54) is 15.6 Å². The van der Waals surface area contributed by atoms with Crippen LogP contribution in [0.15, 0.2) is 0 Å². The van der Waals surface area contributed by atoms with Gasteiger partial charge in [0, 0.05) is 10.9 Å². The predicted octanol–water partition coefficient (Wildman–Crippen LogP) is 5.30. The van der Waals surface area contributed by atoms with Gasteiger partial charge in [0.25, 0.3) is 0 Å². The van der Waals surface area contributed by atoms with Gasteiger partial charge in [0.05, 0.1) is 11.2 Å². The van der Waals surface area contributed by atoms with Crippen molar-refractivity contribution in [2.24, 2.45) is 11.8 Å². The first-order chi connectivity index (χ1) is 9.70. The number of aryl methyl sites for hydroxylation is 2. The lowest BCUT2D eigenvalue weighted by Crippen LogP contribution is -2.48. The summed E-state index contributed by atoms with van der Waals surface area (Å²) in [6, 6.07) is 0.469. The molecule has 21 heavy (non-hydrogen) atoms. The van der Waals surface area contributed by atoms with E-state index in [1.807, 2.05) is 11.3 Å². The summed E-state index contributed by atoms with van der Waals surface area (Å²) in [7, 11) is 0. The van der Waals surface area contributed by atoms with Gasteiger partial charge in [-0.05, 0) is 51.9 Å². The smallest absolute Gasteiger partial charge is 0.113 e. The molecule has 0 saturated carbocycles. The Morgan fingerprint density at radius 3 is 1.90 bits per heavy atom. The quantitative estimate of drug-likeness (QED) is 0.705. The molecule has 0 aromatic carbocycles. The molecule has 0 spiro atoms. The fraction of sp³-hybridized carbons (Fsp3) is 0.833. The molecule has 0 aliphatic rings. The van der Waals surface area contributed by atoms with Crippen molar-refractivity contribution in [2.75, 3.05) is 0 Å². The first kappa shape index (κ1) is 18.6. The predicted molar refractivity (Wildman–Crippen MR) is 95.1 cm³/mol. The maximum atomic E-state index is 5.02. The molecule has 0 aliphatic carbocycles. The monoisotopic (exact) mass is 310 g/mol. The van der Waals surface area contributed by atoms with Crippen LogP contribution < -0.4 is 5.32 Å². The first-order valence-corrected chi connectivity index (χ1v) is 9.26. The summed E-state index contributed by atoms with van der Waals surface area (Å²) in [5.74, 6) is 1.31. The van der Waals surface area contributed by atoms with E-state index in [2.05, 4.69) is 60.7 Å². The van der Waals surface area contributed by atoms with Crippen molar-refractivity contribution in [2.45, 2.75) is 86.2 Å². The molecule has 1 N–H and O–H groups in total. The van der Waals surface area contributed by atoms with Crippen LogP contribution in [0, 0.1) is 18.8 Å². The van der Waals surface area contributed by atoms with E-state index in [0.717, 1.165) is 19.3 Å². The van der Waals surface area contributed by atoms with Gasteiger partial charge in [-0.3, -0.25) is 0 Å². The minimum Gasteiger partial charge on any atom is -0.303 e. The number of thiazole rings is 1. The molecule has 0 atom stereocenters. The molecular weight excluding hydrogens is 276 g/mol. The fourth-order valence-electron chi connectivity index (χ4n) is 3.34. The van der Waals surface area contributed by atoms with Gasteiger partial charge < -0.3 is 5.32 Å². The minimum atomic E-state index is 0.0271. The molecule has 0 bridgehead atoms. The summed E-state index contributed by atoms with van der Waals surface area (Å²) in [6.07, 6.45) is 3.34. The highest BCUT2D eigenvalue weighted by molar-refractivity contribution is 7.11. The topological polar surface area (TPSA) is 24.9 Å². The van der Waals surface area contributed by atoms with E-state index >= 15 is 0 Å². The SMILES string of the molecule is CCc1nc(C(CC(C)C)(CC(C)C)NC(C)C)sc1C. The summed E-state index contributed by atoms with van der Waals surface area (Å²) < 4.78 is 0. The Kier molecular flexibility index (Phi) is 6.86. The highest BCUT2D eigenvalue weighted by Crippen LogP contribution is 2.38. The molecule has 0 saturated heterocycles. The Hall–Kier alpha value is -0.410. The molecule has 3 heteroatoms. The van der Waals surface area contributed by atoms with E-state index in [9.17, 15) is 0 Å². The lowest BCUT2D eigenvalue weighted by atomic mass is 9.81. The first-order valence-electron chi connectivity index (χ1n) is 8.44. The van der Waals surface area contributed by atoms with Gasteiger partial charge >= 0.3 is 0 Å². The molecule has 0 fully saturated rings. The van der Waals surface area contributed by atoms with Gasteiger partial charge in [-0.15, -0.1) is 11.3 Å². The van der Waals surface area contributed by atoms with Crippen LogP contribution in [0.5, 0.6) is 0 Å². The zero-order valence-electron chi connectivity index (χ0n) is 15.2. The van der Waals surface area contributed by atoms with Gasteiger partial charge in [0.1, 0.15) is 5.01 Å². The van der Waals surface area contributed by atoms with Crippen molar-refractivity contribution >= 4 is 11.3 Å². The van der Waals surface area contributed by atoms with E-state index in [0.29, 0.717) is 17.9 Å². The average molecular weight is 311 g/mol. The maximum absolute atomic E-state index is 5.02. The van der Waals surface area contributed by atoms with Crippen molar-refractivity contribution < 1.29 is 0 Å². The number of hydrogen-bond acceptors (Lipinski definition) is 3. The molecule has 0 unspecified atom stereocenters. The Labute approximate surface area is 135 Å². The number of rotatable bonds is 8. The van der Waals surface area contributed by atoms with Crippen LogP contribution in [-0.2, 0) is 12.0 Å². The van der Waals surface area contributed by atoms with Crippen LogP contribution in [0.1, 0.15) is 76.9 Å². The van der Waals surface area contributed by atoms with Crippen molar-refractivity contribution in [3.63, 3.8) is 0 Å². The largest absolute Gasteiger partial charge is 0.303 e. The zero-order chi connectivity index (χ0) is 16.2. The van der Waals surface area contributed by atoms with Crippen LogP contribution >= 0.6 is 11.3 Å². The number of hydrogen-bond donors (Lipinski definition) is 1. The van der Waals surface area contributed by atoms with Gasteiger partial charge in [-0.1, -0.05) is 34.6 Å². The molecule has 0 amide bonds. The summed E-state index contributed by atoms with van der Waals surface area (Å²) in [6.45, 7) is 18.2. The Morgan fingerprint density at radius 2 is 1.57 bits per heavy atom. The second-order valence-electron chi connectivity index (χ2n) is 7.45. The van der Waals surface area contributed by atoms with Crippen LogP contribution in [0.3, 0.4) is 0 Å². The minimum absolute atomic E-state index is 0.0271. The normalized spacial score (nSPS) is 12.9. The lowest BCUT2D eigenvalue weighted by molar-refractivity contribution is 0.207. The van der Waals surface area contributed by atoms with E-state index in [-0.39, 0.29) is 5.54 Å². The maximum Gasteiger partial charge on any atom is 0.113 e. The third kappa shape index (κ3) is 5.07. The van der Waals surface area contributed by atoms with E-state index < -0.39 is 0 Å². The van der Waals surface area contributed by atoms with Gasteiger partial charge in [0.15, 0.2) is 0 Å². The Morgan fingerprint density at radius 1 is 1.05 bits per heavy atom. The standard InChI is InChI=1S/C18H34N2S/c1-9-16-15(8)21-17(19-16)18(10-12(2)3,11-13(4)5)20-14(6)7/h12-14,20H,9-11H2,1-8H3. The summed E-state index contributed by atoms with van der Waals surface area (Å²) in [4.78, 5) is 6.40. The zero-order valence-corrected chi connectivity index (χ0v) is 16.0. The van der Waals surface area contributed by atoms with Gasteiger partial charge in [0.2, 0.25) is 0 Å². The summed E-state index contributed by atoms with van der Waals surface area (Å²) in [5.41, 5.74) is 1.30.